The van der Waals surface area contributed by atoms with Gasteiger partial charge in [0.1, 0.15) is 5.75 Å². The summed E-state index contributed by atoms with van der Waals surface area (Å²) < 4.78 is 5.74. The molecule has 1 aromatic rings. The van der Waals surface area contributed by atoms with Crippen LogP contribution >= 0.6 is 0 Å². The quantitative estimate of drug-likeness (QED) is 0.563. The molecule has 0 radical (unpaired) electrons. The number of carbonyl (C=O) groups excluding carboxylic acids is 1. The van der Waals surface area contributed by atoms with Gasteiger partial charge in [0, 0.05) is 18.7 Å². The molecule has 0 amide bonds. The minimum absolute atomic E-state index is 0.0940. The van der Waals surface area contributed by atoms with E-state index in [1.807, 2.05) is 24.3 Å². The van der Waals surface area contributed by atoms with E-state index in [2.05, 4.69) is 18.7 Å². The molecule has 122 valence electrons. The van der Waals surface area contributed by atoms with Gasteiger partial charge in [0.15, 0.2) is 5.78 Å². The maximum Gasteiger partial charge on any atom is 0.159 e. The van der Waals surface area contributed by atoms with E-state index in [1.54, 1.807) is 6.92 Å². The number of unbranched alkanes of at least 4 members (excludes halogenated alkanes) is 1. The molecular formula is C19H29NO2. The van der Waals surface area contributed by atoms with Gasteiger partial charge >= 0.3 is 0 Å². The van der Waals surface area contributed by atoms with Crippen molar-refractivity contribution in [2.45, 2.75) is 40.0 Å². The predicted molar refractivity (Wildman–Crippen MR) is 90.6 cm³/mol. The molecule has 1 heterocycles. The number of rotatable bonds is 7. The van der Waals surface area contributed by atoms with Crippen LogP contribution in [-0.4, -0.2) is 36.9 Å². The average Bonchev–Trinajstić information content (AvgIpc) is 2.46. The average molecular weight is 303 g/mol. The van der Waals surface area contributed by atoms with Crippen molar-refractivity contribution < 1.29 is 9.53 Å². The lowest BCUT2D eigenvalue weighted by atomic mass is 9.92. The Hall–Kier alpha value is -1.35. The number of hydrogen-bond acceptors (Lipinski definition) is 3. The summed E-state index contributed by atoms with van der Waals surface area (Å²) in [5, 5.41) is 0. The van der Waals surface area contributed by atoms with Gasteiger partial charge in [-0.15, -0.1) is 0 Å². The van der Waals surface area contributed by atoms with Crippen LogP contribution in [0.3, 0.4) is 0 Å². The number of hydrogen-bond donors (Lipinski definition) is 0. The first kappa shape index (κ1) is 17.0. The molecule has 22 heavy (non-hydrogen) atoms. The fourth-order valence-electron chi connectivity index (χ4n) is 3.39. The van der Waals surface area contributed by atoms with Gasteiger partial charge in [-0.1, -0.05) is 13.8 Å². The molecule has 3 nitrogen and oxygen atoms in total. The van der Waals surface area contributed by atoms with E-state index in [0.29, 0.717) is 0 Å². The first-order chi connectivity index (χ1) is 10.5. The third kappa shape index (κ3) is 5.45. The molecule has 2 atom stereocenters. The number of piperidine rings is 1. The van der Waals surface area contributed by atoms with E-state index in [-0.39, 0.29) is 5.78 Å². The highest BCUT2D eigenvalue weighted by Gasteiger charge is 2.20. The van der Waals surface area contributed by atoms with Crippen LogP contribution in [-0.2, 0) is 0 Å². The van der Waals surface area contributed by atoms with Gasteiger partial charge < -0.3 is 9.64 Å². The summed E-state index contributed by atoms with van der Waals surface area (Å²) in [6, 6.07) is 7.41. The van der Waals surface area contributed by atoms with Crippen LogP contribution in [0.1, 0.15) is 50.4 Å². The third-order valence-electron chi connectivity index (χ3n) is 4.34. The van der Waals surface area contributed by atoms with Gasteiger partial charge in [-0.3, -0.25) is 4.79 Å². The minimum Gasteiger partial charge on any atom is -0.494 e. The van der Waals surface area contributed by atoms with E-state index in [4.69, 9.17) is 4.74 Å². The maximum absolute atomic E-state index is 11.2. The van der Waals surface area contributed by atoms with Crippen LogP contribution in [0.15, 0.2) is 24.3 Å². The Bertz CT molecular complexity index is 459. The van der Waals surface area contributed by atoms with Crippen molar-refractivity contribution >= 4 is 5.78 Å². The second-order valence-electron chi connectivity index (χ2n) is 6.84. The molecule has 2 rings (SSSR count). The zero-order valence-corrected chi connectivity index (χ0v) is 14.2. The highest BCUT2D eigenvalue weighted by molar-refractivity contribution is 5.94. The molecule has 1 saturated heterocycles. The lowest BCUT2D eigenvalue weighted by Crippen LogP contribution is -2.39. The van der Waals surface area contributed by atoms with Gasteiger partial charge in [0.2, 0.25) is 0 Å². The Balaban J connectivity index is 1.62. The van der Waals surface area contributed by atoms with Gasteiger partial charge in [-0.05, 0) is 68.8 Å². The topological polar surface area (TPSA) is 29.5 Å². The van der Waals surface area contributed by atoms with Gasteiger partial charge in [-0.25, -0.2) is 0 Å². The van der Waals surface area contributed by atoms with Crippen molar-refractivity contribution in [3.8, 4) is 5.75 Å². The zero-order chi connectivity index (χ0) is 15.9. The van der Waals surface area contributed by atoms with Crippen LogP contribution in [0, 0.1) is 11.8 Å². The molecule has 0 unspecified atom stereocenters. The van der Waals surface area contributed by atoms with Crippen LogP contribution in [0.25, 0.3) is 0 Å². The van der Waals surface area contributed by atoms with Crippen LogP contribution < -0.4 is 4.74 Å². The van der Waals surface area contributed by atoms with Crippen LogP contribution in [0.5, 0.6) is 5.75 Å². The van der Waals surface area contributed by atoms with Crippen molar-refractivity contribution in [3.63, 3.8) is 0 Å². The lowest BCUT2D eigenvalue weighted by Gasteiger charge is -2.34. The van der Waals surface area contributed by atoms with Crippen LogP contribution in [0.4, 0.5) is 0 Å². The van der Waals surface area contributed by atoms with Gasteiger partial charge in [-0.2, -0.15) is 0 Å². The highest BCUT2D eigenvalue weighted by atomic mass is 16.5. The SMILES string of the molecule is CC(=O)c1ccc(OCCCCN2C[C@H](C)C[C@@H](C)C2)cc1. The van der Waals surface area contributed by atoms with Crippen LogP contribution in [0.2, 0.25) is 0 Å². The Morgan fingerprint density at radius 3 is 2.36 bits per heavy atom. The summed E-state index contributed by atoms with van der Waals surface area (Å²) in [6.07, 6.45) is 3.63. The minimum atomic E-state index is 0.0940. The van der Waals surface area contributed by atoms with E-state index in [1.165, 1.54) is 32.5 Å². The maximum atomic E-state index is 11.2. The zero-order valence-electron chi connectivity index (χ0n) is 14.2. The molecule has 0 saturated carbocycles. The lowest BCUT2D eigenvalue weighted by molar-refractivity contribution is 0.101. The number of nitrogens with zero attached hydrogens (tertiary/aromatic N) is 1. The van der Waals surface area contributed by atoms with Crippen molar-refractivity contribution in [1.82, 2.24) is 4.90 Å². The number of Topliss-reactive ketones (excluding diaryl/α,β-unsaturated/α-hetero) is 1. The molecule has 0 spiro atoms. The summed E-state index contributed by atoms with van der Waals surface area (Å²) in [5.41, 5.74) is 0.737. The summed E-state index contributed by atoms with van der Waals surface area (Å²) in [7, 11) is 0. The van der Waals surface area contributed by atoms with E-state index in [9.17, 15) is 4.79 Å². The Morgan fingerprint density at radius 2 is 1.77 bits per heavy atom. The van der Waals surface area contributed by atoms with Gasteiger partial charge in [0.25, 0.3) is 0 Å². The number of ether oxygens (including phenoxy) is 1. The first-order valence-electron chi connectivity index (χ1n) is 8.50. The molecule has 1 aliphatic rings. The van der Waals surface area contributed by atoms with E-state index in [0.717, 1.165) is 36.2 Å². The normalized spacial score (nSPS) is 22.5. The highest BCUT2D eigenvalue weighted by Crippen LogP contribution is 2.21. The smallest absolute Gasteiger partial charge is 0.159 e. The summed E-state index contributed by atoms with van der Waals surface area (Å²) in [5.74, 6) is 2.61. The molecule has 1 aliphatic heterocycles. The monoisotopic (exact) mass is 303 g/mol. The van der Waals surface area contributed by atoms with E-state index >= 15 is 0 Å². The number of likely N-dealkylation sites (tertiary alicyclic amines) is 1. The Kier molecular flexibility index (Phi) is 6.44. The number of ketones is 1. The van der Waals surface area contributed by atoms with Crippen molar-refractivity contribution in [1.29, 1.82) is 0 Å². The van der Waals surface area contributed by atoms with Crippen molar-refractivity contribution in [3.05, 3.63) is 29.8 Å². The standard InChI is InChI=1S/C19H29NO2/c1-15-12-16(2)14-20(13-15)10-4-5-11-22-19-8-6-18(7-9-19)17(3)21/h6-9,15-16H,4-5,10-14H2,1-3H3/t15-,16-/m1/s1. The van der Waals surface area contributed by atoms with Crippen molar-refractivity contribution in [2.24, 2.45) is 11.8 Å². The molecule has 1 aromatic carbocycles. The molecule has 0 bridgehead atoms. The van der Waals surface area contributed by atoms with E-state index < -0.39 is 0 Å². The largest absolute Gasteiger partial charge is 0.494 e. The number of carbonyl (C=O) groups is 1. The second-order valence-corrected chi connectivity index (χ2v) is 6.84. The Labute approximate surface area is 134 Å². The Morgan fingerprint density at radius 1 is 1.14 bits per heavy atom. The summed E-state index contributed by atoms with van der Waals surface area (Å²) >= 11 is 0. The molecular weight excluding hydrogens is 274 g/mol. The molecule has 0 aliphatic carbocycles. The molecule has 3 heteroatoms. The second kappa shape index (κ2) is 8.33. The summed E-state index contributed by atoms with van der Waals surface area (Å²) in [6.45, 7) is 10.7. The number of benzene rings is 1. The van der Waals surface area contributed by atoms with Gasteiger partial charge in [0.05, 0.1) is 6.61 Å². The molecule has 0 N–H and O–H groups in total. The fraction of sp³-hybridized carbons (Fsp3) is 0.632. The summed E-state index contributed by atoms with van der Waals surface area (Å²) in [4.78, 5) is 13.8. The predicted octanol–water partition coefficient (Wildman–Crippen LogP) is 4.03. The molecule has 1 fully saturated rings. The third-order valence-corrected chi connectivity index (χ3v) is 4.34. The van der Waals surface area contributed by atoms with Crippen molar-refractivity contribution in [2.75, 3.05) is 26.2 Å². The fourth-order valence-corrected chi connectivity index (χ4v) is 3.39. The first-order valence-corrected chi connectivity index (χ1v) is 8.50. The molecule has 0 aromatic heterocycles.